The van der Waals surface area contributed by atoms with Crippen molar-refractivity contribution in [1.29, 1.82) is 0 Å². The van der Waals surface area contributed by atoms with Crippen molar-refractivity contribution in [1.82, 2.24) is 5.32 Å². The molecule has 1 aliphatic heterocycles. The first-order chi connectivity index (χ1) is 12.8. The number of hydrogen-bond acceptors (Lipinski definition) is 3. The Morgan fingerprint density at radius 1 is 1.15 bits per heavy atom. The molecule has 0 saturated carbocycles. The monoisotopic (exact) mass is 379 g/mol. The van der Waals surface area contributed by atoms with Crippen LogP contribution in [-0.4, -0.2) is 23.8 Å². The number of rotatable bonds is 6. The summed E-state index contributed by atoms with van der Waals surface area (Å²) in [4.78, 5) is 11.3. The molecule has 2 atom stereocenters. The molecule has 0 radical (unpaired) electrons. The zero-order valence-electron chi connectivity index (χ0n) is 14.5. The van der Waals surface area contributed by atoms with Gasteiger partial charge in [-0.05, 0) is 29.7 Å². The van der Waals surface area contributed by atoms with E-state index in [0.29, 0.717) is 17.9 Å². The SMILES string of the molecule is O=C(O)C[C@]1(c2ccc(OCc3ccccc3)cc2)C[C@H](C(F)(F)F)CN1. The number of ether oxygens (including phenoxy) is 1. The predicted octanol–water partition coefficient (Wildman–Crippen LogP) is 4.11. The summed E-state index contributed by atoms with van der Waals surface area (Å²) in [6.07, 6.45) is -5.07. The molecule has 2 N–H and O–H groups in total. The van der Waals surface area contributed by atoms with E-state index in [9.17, 15) is 23.1 Å². The van der Waals surface area contributed by atoms with Crippen LogP contribution in [0.2, 0.25) is 0 Å². The summed E-state index contributed by atoms with van der Waals surface area (Å²) in [5, 5.41) is 12.0. The van der Waals surface area contributed by atoms with E-state index in [1.54, 1.807) is 24.3 Å². The van der Waals surface area contributed by atoms with Gasteiger partial charge in [0, 0.05) is 6.54 Å². The standard InChI is InChI=1S/C20H20F3NO3/c21-20(22,23)16-10-19(24-12-16,11-18(25)26)15-6-8-17(9-7-15)27-13-14-4-2-1-3-5-14/h1-9,16,24H,10-13H2,(H,25,26)/t16-,19-/m0/s1. The first kappa shape index (κ1) is 19.2. The maximum absolute atomic E-state index is 13.1. The number of hydrogen-bond donors (Lipinski definition) is 2. The normalized spacial score (nSPS) is 22.6. The molecule has 0 amide bonds. The van der Waals surface area contributed by atoms with Gasteiger partial charge >= 0.3 is 12.1 Å². The minimum absolute atomic E-state index is 0.289. The largest absolute Gasteiger partial charge is 0.489 e. The minimum atomic E-state index is -4.36. The van der Waals surface area contributed by atoms with Gasteiger partial charge in [-0.2, -0.15) is 13.2 Å². The molecule has 4 nitrogen and oxygen atoms in total. The second kappa shape index (κ2) is 7.60. The molecule has 3 rings (SSSR count). The van der Waals surface area contributed by atoms with Gasteiger partial charge < -0.3 is 15.2 Å². The Labute approximate surface area is 155 Å². The van der Waals surface area contributed by atoms with Crippen LogP contribution >= 0.6 is 0 Å². The molecule has 0 aliphatic carbocycles. The van der Waals surface area contributed by atoms with Gasteiger partial charge in [0.25, 0.3) is 0 Å². The van der Waals surface area contributed by atoms with Crippen LogP contribution in [-0.2, 0) is 16.9 Å². The summed E-state index contributed by atoms with van der Waals surface area (Å²) in [5.74, 6) is -2.14. The van der Waals surface area contributed by atoms with Gasteiger partial charge in [0.1, 0.15) is 12.4 Å². The molecule has 1 heterocycles. The fraction of sp³-hybridized carbons (Fsp3) is 0.350. The third kappa shape index (κ3) is 4.60. The molecule has 2 aromatic rings. The van der Waals surface area contributed by atoms with E-state index in [1.165, 1.54) is 0 Å². The second-order valence-electron chi connectivity index (χ2n) is 6.77. The first-order valence-corrected chi connectivity index (χ1v) is 8.59. The number of benzene rings is 2. The van der Waals surface area contributed by atoms with Gasteiger partial charge in [-0.25, -0.2) is 0 Å². The zero-order valence-corrected chi connectivity index (χ0v) is 14.5. The van der Waals surface area contributed by atoms with Crippen LogP contribution in [0, 0.1) is 5.92 Å². The number of alkyl halides is 3. The molecule has 1 aliphatic rings. The Hall–Kier alpha value is -2.54. The molecule has 7 heteroatoms. The quantitative estimate of drug-likeness (QED) is 0.793. The maximum atomic E-state index is 13.1. The number of carboxylic acid groups (broad SMARTS) is 1. The third-order valence-electron chi connectivity index (χ3n) is 4.85. The first-order valence-electron chi connectivity index (χ1n) is 8.59. The second-order valence-corrected chi connectivity index (χ2v) is 6.77. The molecule has 2 aromatic carbocycles. The number of nitrogens with one attached hydrogen (secondary N) is 1. The van der Waals surface area contributed by atoms with Gasteiger partial charge in [0.05, 0.1) is 17.9 Å². The van der Waals surface area contributed by atoms with Crippen molar-refractivity contribution in [2.75, 3.05) is 6.54 Å². The molecular formula is C20H20F3NO3. The highest BCUT2D eigenvalue weighted by Gasteiger charge is 2.51. The lowest BCUT2D eigenvalue weighted by Crippen LogP contribution is -2.38. The molecule has 27 heavy (non-hydrogen) atoms. The summed E-state index contributed by atoms with van der Waals surface area (Å²) in [6, 6.07) is 16.1. The van der Waals surface area contributed by atoms with E-state index in [4.69, 9.17) is 4.74 Å². The van der Waals surface area contributed by atoms with E-state index >= 15 is 0 Å². The Kier molecular flexibility index (Phi) is 5.41. The minimum Gasteiger partial charge on any atom is -0.489 e. The van der Waals surface area contributed by atoms with Crippen LogP contribution in [0.4, 0.5) is 13.2 Å². The highest BCUT2D eigenvalue weighted by atomic mass is 19.4. The highest BCUT2D eigenvalue weighted by Crippen LogP contribution is 2.43. The fourth-order valence-electron chi connectivity index (χ4n) is 3.44. The molecular weight excluding hydrogens is 359 g/mol. The lowest BCUT2D eigenvalue weighted by atomic mass is 9.82. The van der Waals surface area contributed by atoms with Crippen LogP contribution in [0.15, 0.2) is 54.6 Å². The van der Waals surface area contributed by atoms with Crippen molar-refractivity contribution in [3.63, 3.8) is 0 Å². The number of aliphatic carboxylic acids is 1. The van der Waals surface area contributed by atoms with Crippen LogP contribution < -0.4 is 10.1 Å². The number of halogens is 3. The van der Waals surface area contributed by atoms with E-state index in [2.05, 4.69) is 5.32 Å². The lowest BCUT2D eigenvalue weighted by Gasteiger charge is -2.29. The summed E-state index contributed by atoms with van der Waals surface area (Å²) >= 11 is 0. The van der Waals surface area contributed by atoms with Gasteiger partial charge in [0.15, 0.2) is 0 Å². The molecule has 0 aromatic heterocycles. The van der Waals surface area contributed by atoms with Crippen LogP contribution in [0.5, 0.6) is 5.75 Å². The van der Waals surface area contributed by atoms with Crippen LogP contribution in [0.1, 0.15) is 24.0 Å². The van der Waals surface area contributed by atoms with Crippen molar-refractivity contribution in [2.24, 2.45) is 5.92 Å². The van der Waals surface area contributed by atoms with Crippen molar-refractivity contribution in [2.45, 2.75) is 31.2 Å². The zero-order chi connectivity index (χ0) is 19.5. The number of carboxylic acids is 1. The van der Waals surface area contributed by atoms with Gasteiger partial charge in [0.2, 0.25) is 0 Å². The average molecular weight is 379 g/mol. The topological polar surface area (TPSA) is 58.6 Å². The smallest absolute Gasteiger partial charge is 0.393 e. The van der Waals surface area contributed by atoms with Crippen molar-refractivity contribution in [3.8, 4) is 5.75 Å². The van der Waals surface area contributed by atoms with Crippen molar-refractivity contribution < 1.29 is 27.8 Å². The van der Waals surface area contributed by atoms with E-state index < -0.39 is 30.0 Å². The molecule has 1 saturated heterocycles. The average Bonchev–Trinajstić information content (AvgIpc) is 3.06. The Balaban J connectivity index is 1.75. The maximum Gasteiger partial charge on any atom is 0.393 e. The predicted molar refractivity (Wildman–Crippen MR) is 93.3 cm³/mol. The Morgan fingerprint density at radius 2 is 1.81 bits per heavy atom. The summed E-state index contributed by atoms with van der Waals surface area (Å²) in [6.45, 7) is 0.0812. The molecule has 0 spiro atoms. The highest BCUT2D eigenvalue weighted by molar-refractivity contribution is 5.69. The molecule has 0 unspecified atom stereocenters. The molecule has 1 fully saturated rings. The Bertz CT molecular complexity index is 777. The van der Waals surface area contributed by atoms with Gasteiger partial charge in [-0.1, -0.05) is 42.5 Å². The lowest BCUT2D eigenvalue weighted by molar-refractivity contribution is -0.170. The van der Waals surface area contributed by atoms with E-state index in [-0.39, 0.29) is 13.0 Å². The number of carbonyl (C=O) groups is 1. The molecule has 0 bridgehead atoms. The van der Waals surface area contributed by atoms with Crippen LogP contribution in [0.25, 0.3) is 0 Å². The fourth-order valence-corrected chi connectivity index (χ4v) is 3.44. The van der Waals surface area contributed by atoms with Gasteiger partial charge in [-0.15, -0.1) is 0 Å². The summed E-state index contributed by atoms with van der Waals surface area (Å²) in [7, 11) is 0. The van der Waals surface area contributed by atoms with Crippen molar-refractivity contribution in [3.05, 3.63) is 65.7 Å². The summed E-state index contributed by atoms with van der Waals surface area (Å²) < 4.78 is 44.9. The molecule has 144 valence electrons. The van der Waals surface area contributed by atoms with E-state index in [1.807, 2.05) is 30.3 Å². The van der Waals surface area contributed by atoms with E-state index in [0.717, 1.165) is 5.56 Å². The Morgan fingerprint density at radius 3 is 2.37 bits per heavy atom. The van der Waals surface area contributed by atoms with Gasteiger partial charge in [-0.3, -0.25) is 4.79 Å². The van der Waals surface area contributed by atoms with Crippen LogP contribution in [0.3, 0.4) is 0 Å². The third-order valence-corrected chi connectivity index (χ3v) is 4.85. The summed E-state index contributed by atoms with van der Waals surface area (Å²) in [5.41, 5.74) is 0.280. The van der Waals surface area contributed by atoms with Crippen molar-refractivity contribution >= 4 is 5.97 Å².